The summed E-state index contributed by atoms with van der Waals surface area (Å²) in [6, 6.07) is 5.16. The second-order valence-corrected chi connectivity index (χ2v) is 6.23. The van der Waals surface area contributed by atoms with Crippen LogP contribution in [-0.4, -0.2) is 23.7 Å². The van der Waals surface area contributed by atoms with E-state index in [2.05, 4.69) is 13.8 Å². The Bertz CT molecular complexity index is 536. The van der Waals surface area contributed by atoms with E-state index in [9.17, 15) is 14.7 Å². The molecule has 1 aromatic carbocycles. The SMILES string of the molecule is CCCCOC(=O)c1ccc(C(CCC)CCCC)cc1C(=O)O. The largest absolute Gasteiger partial charge is 0.478 e. The van der Waals surface area contributed by atoms with Crippen LogP contribution in [0.4, 0.5) is 0 Å². The first kappa shape index (κ1) is 20.2. The lowest BCUT2D eigenvalue weighted by atomic mass is 9.88. The Morgan fingerprint density at radius 1 is 1.00 bits per heavy atom. The summed E-state index contributed by atoms with van der Waals surface area (Å²) in [4.78, 5) is 23.7. The van der Waals surface area contributed by atoms with Crippen molar-refractivity contribution in [2.24, 2.45) is 0 Å². The summed E-state index contributed by atoms with van der Waals surface area (Å²) < 4.78 is 5.17. The van der Waals surface area contributed by atoms with Gasteiger partial charge in [-0.15, -0.1) is 0 Å². The Morgan fingerprint density at radius 3 is 2.29 bits per heavy atom. The fourth-order valence-electron chi connectivity index (χ4n) is 2.83. The molecular formula is C20H30O4. The number of hydrogen-bond acceptors (Lipinski definition) is 3. The molecule has 0 heterocycles. The molecule has 1 N–H and O–H groups in total. The van der Waals surface area contributed by atoms with Crippen molar-refractivity contribution in [3.63, 3.8) is 0 Å². The van der Waals surface area contributed by atoms with E-state index in [4.69, 9.17) is 4.74 Å². The zero-order chi connectivity index (χ0) is 17.9. The van der Waals surface area contributed by atoms with Crippen molar-refractivity contribution in [3.8, 4) is 0 Å². The minimum absolute atomic E-state index is 0.0478. The molecule has 4 heteroatoms. The Hall–Kier alpha value is -1.84. The van der Waals surface area contributed by atoms with Crippen molar-refractivity contribution in [3.05, 3.63) is 34.9 Å². The summed E-state index contributed by atoms with van der Waals surface area (Å²) in [5.74, 6) is -1.28. The third-order valence-corrected chi connectivity index (χ3v) is 4.24. The number of carbonyl (C=O) groups excluding carboxylic acids is 1. The van der Waals surface area contributed by atoms with Gasteiger partial charge in [-0.05, 0) is 42.9 Å². The average molecular weight is 334 g/mol. The molecule has 0 saturated carbocycles. The molecule has 0 spiro atoms. The molecule has 4 nitrogen and oxygen atoms in total. The van der Waals surface area contributed by atoms with Crippen LogP contribution < -0.4 is 0 Å². The Balaban J connectivity index is 3.04. The molecule has 0 radical (unpaired) electrons. The van der Waals surface area contributed by atoms with Gasteiger partial charge in [-0.1, -0.05) is 52.5 Å². The van der Waals surface area contributed by atoms with Gasteiger partial charge in [-0.25, -0.2) is 9.59 Å². The molecule has 24 heavy (non-hydrogen) atoms. The van der Waals surface area contributed by atoms with Gasteiger partial charge in [0, 0.05) is 0 Å². The van der Waals surface area contributed by atoms with E-state index >= 15 is 0 Å². The molecule has 0 aromatic heterocycles. The van der Waals surface area contributed by atoms with Crippen LogP contribution >= 0.6 is 0 Å². The number of carboxylic acids is 1. The summed E-state index contributed by atoms with van der Waals surface area (Å²) in [5, 5.41) is 9.49. The molecular weight excluding hydrogens is 304 g/mol. The van der Waals surface area contributed by atoms with Gasteiger partial charge in [0.15, 0.2) is 0 Å². The van der Waals surface area contributed by atoms with Gasteiger partial charge in [0.25, 0.3) is 0 Å². The predicted octanol–water partition coefficient (Wildman–Crippen LogP) is 5.42. The standard InChI is InChI=1S/C20H30O4/c1-4-7-10-15(9-6-3)16-11-12-17(18(14-16)19(21)22)20(23)24-13-8-5-2/h11-12,14-15H,4-10,13H2,1-3H3,(H,21,22). The van der Waals surface area contributed by atoms with Crippen molar-refractivity contribution in [1.82, 2.24) is 0 Å². The molecule has 0 bridgehead atoms. The molecule has 0 aliphatic rings. The highest BCUT2D eigenvalue weighted by Gasteiger charge is 2.20. The number of carboxylic acid groups (broad SMARTS) is 1. The maximum Gasteiger partial charge on any atom is 0.339 e. The van der Waals surface area contributed by atoms with Gasteiger partial charge < -0.3 is 9.84 Å². The van der Waals surface area contributed by atoms with E-state index in [0.29, 0.717) is 12.5 Å². The van der Waals surface area contributed by atoms with Crippen LogP contribution in [0.1, 0.15) is 97.9 Å². The normalized spacial score (nSPS) is 12.0. The average Bonchev–Trinajstić information content (AvgIpc) is 2.58. The highest BCUT2D eigenvalue weighted by atomic mass is 16.5. The predicted molar refractivity (Wildman–Crippen MR) is 95.8 cm³/mol. The molecule has 0 saturated heterocycles. The fourth-order valence-corrected chi connectivity index (χ4v) is 2.83. The summed E-state index contributed by atoms with van der Waals surface area (Å²) in [6.45, 7) is 6.62. The topological polar surface area (TPSA) is 63.6 Å². The molecule has 1 rings (SSSR count). The van der Waals surface area contributed by atoms with Crippen LogP contribution in [-0.2, 0) is 4.74 Å². The number of ether oxygens (including phenoxy) is 1. The number of rotatable bonds is 11. The first-order chi connectivity index (χ1) is 11.5. The second kappa shape index (κ2) is 10.8. The highest BCUT2D eigenvalue weighted by Crippen LogP contribution is 2.29. The fraction of sp³-hybridized carbons (Fsp3) is 0.600. The maximum atomic E-state index is 12.1. The number of benzene rings is 1. The number of aromatic carboxylic acids is 1. The molecule has 134 valence electrons. The van der Waals surface area contributed by atoms with Gasteiger partial charge in [0.2, 0.25) is 0 Å². The van der Waals surface area contributed by atoms with Crippen molar-refractivity contribution in [2.75, 3.05) is 6.61 Å². The van der Waals surface area contributed by atoms with Gasteiger partial charge in [-0.3, -0.25) is 0 Å². The molecule has 0 amide bonds. The third-order valence-electron chi connectivity index (χ3n) is 4.24. The number of carbonyl (C=O) groups is 2. The van der Waals surface area contributed by atoms with Gasteiger partial charge in [-0.2, -0.15) is 0 Å². The summed E-state index contributed by atoms with van der Waals surface area (Å²) in [5.41, 5.74) is 1.20. The highest BCUT2D eigenvalue weighted by molar-refractivity contribution is 6.02. The van der Waals surface area contributed by atoms with Gasteiger partial charge in [0.05, 0.1) is 17.7 Å². The van der Waals surface area contributed by atoms with Gasteiger partial charge >= 0.3 is 11.9 Å². The molecule has 1 atom stereocenters. The molecule has 1 unspecified atom stereocenters. The van der Waals surface area contributed by atoms with E-state index < -0.39 is 11.9 Å². The third kappa shape index (κ3) is 5.99. The number of hydrogen-bond donors (Lipinski definition) is 1. The van der Waals surface area contributed by atoms with Crippen LogP contribution in [0.5, 0.6) is 0 Å². The molecule has 0 fully saturated rings. The molecule has 0 aliphatic carbocycles. The van der Waals surface area contributed by atoms with E-state index in [0.717, 1.165) is 50.5 Å². The maximum absolute atomic E-state index is 12.1. The lowest BCUT2D eigenvalue weighted by Gasteiger charge is -2.18. The van der Waals surface area contributed by atoms with E-state index in [1.807, 2.05) is 13.0 Å². The number of esters is 1. The summed E-state index contributed by atoms with van der Waals surface area (Å²) in [6.07, 6.45) is 7.07. The first-order valence-electron chi connectivity index (χ1n) is 9.09. The molecule has 1 aromatic rings. The van der Waals surface area contributed by atoms with Crippen molar-refractivity contribution >= 4 is 11.9 Å². The Labute approximate surface area is 145 Å². The summed E-state index contributed by atoms with van der Waals surface area (Å²) >= 11 is 0. The zero-order valence-electron chi connectivity index (χ0n) is 15.1. The first-order valence-corrected chi connectivity index (χ1v) is 9.09. The Morgan fingerprint density at radius 2 is 1.71 bits per heavy atom. The minimum Gasteiger partial charge on any atom is -0.478 e. The van der Waals surface area contributed by atoms with Crippen LogP contribution in [0.3, 0.4) is 0 Å². The smallest absolute Gasteiger partial charge is 0.339 e. The van der Waals surface area contributed by atoms with Crippen LogP contribution in [0.25, 0.3) is 0 Å². The lowest BCUT2D eigenvalue weighted by molar-refractivity contribution is 0.0489. The van der Waals surface area contributed by atoms with Crippen LogP contribution in [0, 0.1) is 0 Å². The van der Waals surface area contributed by atoms with E-state index in [-0.39, 0.29) is 11.1 Å². The van der Waals surface area contributed by atoms with Crippen LogP contribution in [0.2, 0.25) is 0 Å². The number of unbranched alkanes of at least 4 members (excludes halogenated alkanes) is 2. The van der Waals surface area contributed by atoms with Crippen molar-refractivity contribution < 1.29 is 19.4 Å². The van der Waals surface area contributed by atoms with E-state index in [1.54, 1.807) is 12.1 Å². The van der Waals surface area contributed by atoms with E-state index in [1.165, 1.54) is 0 Å². The quantitative estimate of drug-likeness (QED) is 0.434. The lowest BCUT2D eigenvalue weighted by Crippen LogP contribution is -2.13. The zero-order valence-corrected chi connectivity index (χ0v) is 15.1. The van der Waals surface area contributed by atoms with Gasteiger partial charge in [0.1, 0.15) is 0 Å². The monoisotopic (exact) mass is 334 g/mol. The summed E-state index contributed by atoms with van der Waals surface area (Å²) in [7, 11) is 0. The Kier molecular flexibility index (Phi) is 9.13. The second-order valence-electron chi connectivity index (χ2n) is 6.23. The van der Waals surface area contributed by atoms with Crippen molar-refractivity contribution in [1.29, 1.82) is 0 Å². The van der Waals surface area contributed by atoms with Crippen molar-refractivity contribution in [2.45, 2.75) is 71.6 Å². The minimum atomic E-state index is -1.08. The van der Waals surface area contributed by atoms with Crippen LogP contribution in [0.15, 0.2) is 18.2 Å². The molecule has 0 aliphatic heterocycles.